The number of hydrogen-bond donors (Lipinski definition) is 2. The molecular weight excluding hydrogens is 448 g/mol. The van der Waals surface area contributed by atoms with Crippen LogP contribution >= 0.6 is 11.6 Å². The SMILES string of the molecule is CS(=O)(=O)c1cc(C(=O)Nc2ccccc2NS(=O)(=O)c2ccccc2)ccc1Cl. The molecule has 10 heteroatoms. The Morgan fingerprint density at radius 3 is 2.07 bits per heavy atom. The lowest BCUT2D eigenvalue weighted by Gasteiger charge is -2.14. The van der Waals surface area contributed by atoms with E-state index >= 15 is 0 Å². The Kier molecular flexibility index (Phi) is 6.16. The van der Waals surface area contributed by atoms with Crippen LogP contribution in [0.2, 0.25) is 5.02 Å². The number of para-hydroxylation sites is 2. The predicted octanol–water partition coefficient (Wildman–Crippen LogP) is 3.80. The Morgan fingerprint density at radius 1 is 0.833 bits per heavy atom. The van der Waals surface area contributed by atoms with Crippen molar-refractivity contribution in [3.63, 3.8) is 0 Å². The first kappa shape index (κ1) is 21.8. The van der Waals surface area contributed by atoms with Crippen molar-refractivity contribution in [2.75, 3.05) is 16.3 Å². The smallest absolute Gasteiger partial charge is 0.261 e. The molecule has 0 aliphatic carbocycles. The molecule has 2 N–H and O–H groups in total. The molecular formula is C20H17ClN2O5S2. The van der Waals surface area contributed by atoms with Gasteiger partial charge < -0.3 is 5.32 Å². The standard InChI is InChI=1S/C20H17ClN2O5S2/c1-29(25,26)19-13-14(11-12-16(19)21)20(24)22-17-9-5-6-10-18(17)23-30(27,28)15-7-3-2-4-8-15/h2-13,23H,1H3,(H,22,24). The molecule has 0 atom stereocenters. The van der Waals surface area contributed by atoms with E-state index in [9.17, 15) is 21.6 Å². The molecule has 0 radical (unpaired) electrons. The fourth-order valence-electron chi connectivity index (χ4n) is 2.61. The number of sulfone groups is 1. The first-order valence-electron chi connectivity index (χ1n) is 8.56. The van der Waals surface area contributed by atoms with E-state index in [0.29, 0.717) is 0 Å². The fraction of sp³-hybridized carbons (Fsp3) is 0.0500. The number of benzene rings is 3. The third-order valence-corrected chi connectivity index (χ3v) is 7.03. The summed E-state index contributed by atoms with van der Waals surface area (Å²) < 4.78 is 51.3. The van der Waals surface area contributed by atoms with Crippen LogP contribution in [-0.2, 0) is 19.9 Å². The quantitative estimate of drug-likeness (QED) is 0.576. The van der Waals surface area contributed by atoms with Gasteiger partial charge in [-0.1, -0.05) is 41.9 Å². The number of carbonyl (C=O) groups is 1. The van der Waals surface area contributed by atoms with Gasteiger partial charge in [0.1, 0.15) is 0 Å². The highest BCUT2D eigenvalue weighted by Crippen LogP contribution is 2.26. The van der Waals surface area contributed by atoms with Gasteiger partial charge in [-0.2, -0.15) is 0 Å². The number of carbonyl (C=O) groups excluding carboxylic acids is 1. The van der Waals surface area contributed by atoms with Crippen LogP contribution in [0.3, 0.4) is 0 Å². The number of hydrogen-bond acceptors (Lipinski definition) is 5. The molecule has 0 aliphatic rings. The van der Waals surface area contributed by atoms with Crippen molar-refractivity contribution in [2.45, 2.75) is 9.79 Å². The van der Waals surface area contributed by atoms with Gasteiger partial charge in [0, 0.05) is 11.8 Å². The molecule has 0 fully saturated rings. The summed E-state index contributed by atoms with van der Waals surface area (Å²) in [6.07, 6.45) is 0.990. The second-order valence-electron chi connectivity index (χ2n) is 6.34. The van der Waals surface area contributed by atoms with E-state index in [2.05, 4.69) is 10.0 Å². The van der Waals surface area contributed by atoms with Crippen LogP contribution in [-0.4, -0.2) is 29.0 Å². The van der Waals surface area contributed by atoms with Gasteiger partial charge in [0.15, 0.2) is 9.84 Å². The zero-order chi connectivity index (χ0) is 21.9. The lowest BCUT2D eigenvalue weighted by Crippen LogP contribution is -2.17. The summed E-state index contributed by atoms with van der Waals surface area (Å²) in [5.74, 6) is -0.622. The maximum Gasteiger partial charge on any atom is 0.261 e. The van der Waals surface area contributed by atoms with Crippen molar-refractivity contribution in [2.24, 2.45) is 0 Å². The second-order valence-corrected chi connectivity index (χ2v) is 10.4. The highest BCUT2D eigenvalue weighted by molar-refractivity contribution is 7.92. The highest BCUT2D eigenvalue weighted by atomic mass is 35.5. The summed E-state index contributed by atoms with van der Waals surface area (Å²) in [7, 11) is -7.49. The first-order chi connectivity index (χ1) is 14.1. The number of amides is 1. The second kappa shape index (κ2) is 8.47. The van der Waals surface area contributed by atoms with Crippen LogP contribution in [0.25, 0.3) is 0 Å². The molecule has 0 bridgehead atoms. The Hall–Kier alpha value is -2.88. The van der Waals surface area contributed by atoms with E-state index in [0.717, 1.165) is 6.26 Å². The van der Waals surface area contributed by atoms with Gasteiger partial charge in [0.2, 0.25) is 0 Å². The average Bonchev–Trinajstić information content (AvgIpc) is 2.69. The van der Waals surface area contributed by atoms with E-state index in [1.807, 2.05) is 0 Å². The van der Waals surface area contributed by atoms with Crippen LogP contribution < -0.4 is 10.0 Å². The van der Waals surface area contributed by atoms with Gasteiger partial charge >= 0.3 is 0 Å². The van der Waals surface area contributed by atoms with E-state index in [-0.39, 0.29) is 31.8 Å². The lowest BCUT2D eigenvalue weighted by atomic mass is 10.2. The van der Waals surface area contributed by atoms with Crippen LogP contribution in [0.1, 0.15) is 10.4 Å². The minimum Gasteiger partial charge on any atom is -0.320 e. The minimum atomic E-state index is -3.87. The van der Waals surface area contributed by atoms with E-state index in [1.54, 1.807) is 30.3 Å². The Morgan fingerprint density at radius 2 is 1.43 bits per heavy atom. The van der Waals surface area contributed by atoms with Gasteiger partial charge in [-0.3, -0.25) is 9.52 Å². The maximum atomic E-state index is 12.7. The van der Waals surface area contributed by atoms with Crippen molar-refractivity contribution in [1.29, 1.82) is 0 Å². The molecule has 0 aromatic heterocycles. The molecule has 0 aliphatic heterocycles. The molecule has 1 amide bonds. The summed E-state index contributed by atoms with van der Waals surface area (Å²) >= 11 is 5.91. The van der Waals surface area contributed by atoms with E-state index in [4.69, 9.17) is 11.6 Å². The molecule has 3 aromatic rings. The maximum absolute atomic E-state index is 12.7. The van der Waals surface area contributed by atoms with Crippen LogP contribution in [0.4, 0.5) is 11.4 Å². The molecule has 0 heterocycles. The largest absolute Gasteiger partial charge is 0.320 e. The van der Waals surface area contributed by atoms with Crippen molar-refractivity contribution >= 4 is 48.7 Å². The van der Waals surface area contributed by atoms with E-state index in [1.165, 1.54) is 42.5 Å². The molecule has 0 unspecified atom stereocenters. The third kappa shape index (κ3) is 4.99. The summed E-state index contributed by atoms with van der Waals surface area (Å²) in [4.78, 5) is 12.6. The average molecular weight is 465 g/mol. The predicted molar refractivity (Wildman–Crippen MR) is 116 cm³/mol. The van der Waals surface area contributed by atoms with E-state index < -0.39 is 25.8 Å². The molecule has 30 heavy (non-hydrogen) atoms. The Bertz CT molecular complexity index is 1310. The van der Waals surface area contributed by atoms with Crippen LogP contribution in [0.5, 0.6) is 0 Å². The Balaban J connectivity index is 1.90. The summed E-state index contributed by atoms with van der Waals surface area (Å²) in [6.45, 7) is 0. The summed E-state index contributed by atoms with van der Waals surface area (Å²) in [5.41, 5.74) is 0.422. The van der Waals surface area contributed by atoms with Gasteiger partial charge in [-0.15, -0.1) is 0 Å². The van der Waals surface area contributed by atoms with Gasteiger partial charge in [0.25, 0.3) is 15.9 Å². The van der Waals surface area contributed by atoms with Gasteiger partial charge in [-0.05, 0) is 42.5 Å². The molecule has 0 saturated carbocycles. The van der Waals surface area contributed by atoms with Crippen molar-refractivity contribution in [3.05, 3.63) is 83.4 Å². The topological polar surface area (TPSA) is 109 Å². The number of halogens is 1. The van der Waals surface area contributed by atoms with Crippen LogP contribution in [0, 0.1) is 0 Å². The number of rotatable bonds is 6. The van der Waals surface area contributed by atoms with Gasteiger partial charge in [-0.25, -0.2) is 16.8 Å². The fourth-order valence-corrected chi connectivity index (χ4v) is 5.01. The monoisotopic (exact) mass is 464 g/mol. The highest BCUT2D eigenvalue weighted by Gasteiger charge is 2.19. The zero-order valence-electron chi connectivity index (χ0n) is 15.7. The number of sulfonamides is 1. The normalized spacial score (nSPS) is 11.7. The molecule has 3 rings (SSSR count). The Labute approximate surface area is 179 Å². The number of anilines is 2. The van der Waals surface area contributed by atoms with Crippen molar-refractivity contribution < 1.29 is 21.6 Å². The molecule has 0 spiro atoms. The lowest BCUT2D eigenvalue weighted by molar-refractivity contribution is 0.102. The third-order valence-electron chi connectivity index (χ3n) is 4.07. The first-order valence-corrected chi connectivity index (χ1v) is 12.3. The zero-order valence-corrected chi connectivity index (χ0v) is 18.1. The molecule has 156 valence electrons. The molecule has 3 aromatic carbocycles. The molecule has 0 saturated heterocycles. The van der Waals surface area contributed by atoms with Crippen molar-refractivity contribution in [3.8, 4) is 0 Å². The number of nitrogens with one attached hydrogen (secondary N) is 2. The molecule has 7 nitrogen and oxygen atoms in total. The van der Waals surface area contributed by atoms with Crippen molar-refractivity contribution in [1.82, 2.24) is 0 Å². The van der Waals surface area contributed by atoms with Crippen LogP contribution in [0.15, 0.2) is 82.6 Å². The summed E-state index contributed by atoms with van der Waals surface area (Å²) in [6, 6.07) is 17.9. The minimum absolute atomic E-state index is 0.00470. The summed E-state index contributed by atoms with van der Waals surface area (Å²) in [5, 5.41) is 2.60. The van der Waals surface area contributed by atoms with Gasteiger partial charge in [0.05, 0.1) is 26.2 Å².